The first-order chi connectivity index (χ1) is 15.6. The van der Waals surface area contributed by atoms with Crippen LogP contribution in [0.5, 0.6) is 0 Å². The van der Waals surface area contributed by atoms with Crippen LogP contribution in [0.3, 0.4) is 0 Å². The van der Waals surface area contributed by atoms with E-state index >= 15 is 0 Å². The predicted octanol–water partition coefficient (Wildman–Crippen LogP) is 4.36. The van der Waals surface area contributed by atoms with Gasteiger partial charge < -0.3 is 19.9 Å². The van der Waals surface area contributed by atoms with Gasteiger partial charge in [-0.15, -0.1) is 11.3 Å². The van der Waals surface area contributed by atoms with E-state index in [1.807, 2.05) is 31.2 Å². The summed E-state index contributed by atoms with van der Waals surface area (Å²) in [5, 5.41) is 10.4. The molecule has 8 heteroatoms. The third-order valence-corrected chi connectivity index (χ3v) is 7.18. The Labute approximate surface area is 190 Å². The number of carbonyl (C=O) groups excluding carboxylic acids is 2. The maximum absolute atomic E-state index is 13.0. The minimum atomic E-state index is -0.389. The molecule has 5 rings (SSSR count). The lowest BCUT2D eigenvalue weighted by Gasteiger charge is -2.12. The molecule has 3 heterocycles. The van der Waals surface area contributed by atoms with E-state index in [0.29, 0.717) is 22.9 Å². The molecular formula is C24H25N3O4S. The molecule has 7 nitrogen and oxygen atoms in total. The molecule has 32 heavy (non-hydrogen) atoms. The van der Waals surface area contributed by atoms with Gasteiger partial charge in [-0.05, 0) is 44.6 Å². The van der Waals surface area contributed by atoms with Crippen molar-refractivity contribution in [3.05, 3.63) is 57.6 Å². The Morgan fingerprint density at radius 3 is 2.78 bits per heavy atom. The van der Waals surface area contributed by atoms with Crippen LogP contribution in [0.2, 0.25) is 0 Å². The van der Waals surface area contributed by atoms with Crippen LogP contribution in [0.1, 0.15) is 56.1 Å². The number of nitrogens with one attached hydrogen (secondary N) is 2. The first kappa shape index (κ1) is 20.9. The summed E-state index contributed by atoms with van der Waals surface area (Å²) in [6.45, 7) is 3.24. The highest BCUT2D eigenvalue weighted by atomic mass is 32.1. The Hall–Kier alpha value is -2.97. The van der Waals surface area contributed by atoms with Crippen LogP contribution in [0.15, 0.2) is 34.9 Å². The minimum Gasteiger partial charge on any atom is -0.376 e. The maximum Gasteiger partial charge on any atom is 0.278 e. The zero-order chi connectivity index (χ0) is 22.1. The highest BCUT2D eigenvalue weighted by Crippen LogP contribution is 2.39. The second-order valence-corrected chi connectivity index (χ2v) is 9.41. The second kappa shape index (κ2) is 8.88. The van der Waals surface area contributed by atoms with E-state index in [4.69, 9.17) is 9.26 Å². The van der Waals surface area contributed by atoms with Crippen LogP contribution < -0.4 is 10.6 Å². The first-order valence-corrected chi connectivity index (χ1v) is 11.8. The lowest BCUT2D eigenvalue weighted by atomic mass is 10.1. The van der Waals surface area contributed by atoms with Crippen molar-refractivity contribution in [2.24, 2.45) is 0 Å². The number of aryl methyl sites for hydroxylation is 2. The molecule has 0 bridgehead atoms. The van der Waals surface area contributed by atoms with Crippen molar-refractivity contribution in [3.8, 4) is 11.3 Å². The highest BCUT2D eigenvalue weighted by Gasteiger charge is 2.29. The Bertz CT molecular complexity index is 1140. The van der Waals surface area contributed by atoms with Crippen molar-refractivity contribution < 1.29 is 18.8 Å². The molecule has 1 aromatic carbocycles. The van der Waals surface area contributed by atoms with Crippen molar-refractivity contribution in [2.75, 3.05) is 18.5 Å². The van der Waals surface area contributed by atoms with Crippen LogP contribution in [-0.4, -0.2) is 36.2 Å². The van der Waals surface area contributed by atoms with E-state index in [9.17, 15) is 9.59 Å². The van der Waals surface area contributed by atoms with Crippen LogP contribution in [-0.2, 0) is 17.6 Å². The quantitative estimate of drug-likeness (QED) is 0.581. The number of nitrogens with zero attached hydrogens (tertiary/aromatic N) is 1. The lowest BCUT2D eigenvalue weighted by Crippen LogP contribution is -2.32. The van der Waals surface area contributed by atoms with E-state index in [0.717, 1.165) is 55.4 Å². The zero-order valence-electron chi connectivity index (χ0n) is 17.9. The van der Waals surface area contributed by atoms with Crippen LogP contribution in [0.4, 0.5) is 5.00 Å². The van der Waals surface area contributed by atoms with E-state index in [1.165, 1.54) is 16.2 Å². The Morgan fingerprint density at radius 2 is 2.00 bits per heavy atom. The standard InChI is InChI=1S/C24H25N3O4S/c1-14-7-9-15(10-8-14)19-12-18(27-31-19)22(28)26-24-21(17-5-2-6-20(17)32-24)23(29)25-13-16-4-3-11-30-16/h7-10,12,16H,2-6,11,13H2,1H3,(H,25,29)(H,26,28)/t16-/m1/s1. The summed E-state index contributed by atoms with van der Waals surface area (Å²) in [5.74, 6) is -0.0192. The molecule has 2 amide bonds. The third-order valence-electron chi connectivity index (χ3n) is 5.97. The number of anilines is 1. The lowest BCUT2D eigenvalue weighted by molar-refractivity contribution is 0.0858. The molecule has 0 saturated carbocycles. The van der Waals surface area contributed by atoms with Crippen molar-refractivity contribution in [3.63, 3.8) is 0 Å². The van der Waals surface area contributed by atoms with Gasteiger partial charge in [0.05, 0.1) is 11.7 Å². The molecule has 2 aliphatic rings. The Morgan fingerprint density at radius 1 is 1.16 bits per heavy atom. The summed E-state index contributed by atoms with van der Waals surface area (Å²) in [6, 6.07) is 9.44. The molecule has 0 unspecified atom stereocenters. The number of benzene rings is 1. The smallest absolute Gasteiger partial charge is 0.278 e. The molecule has 0 radical (unpaired) electrons. The second-order valence-electron chi connectivity index (χ2n) is 8.30. The average Bonchev–Trinajstić information content (AvgIpc) is 3.57. The van der Waals surface area contributed by atoms with Gasteiger partial charge in [0.1, 0.15) is 5.00 Å². The molecule has 166 valence electrons. The largest absolute Gasteiger partial charge is 0.376 e. The molecular weight excluding hydrogens is 426 g/mol. The highest BCUT2D eigenvalue weighted by molar-refractivity contribution is 7.17. The molecule has 2 aromatic heterocycles. The van der Waals surface area contributed by atoms with E-state index in [-0.39, 0.29) is 23.6 Å². The maximum atomic E-state index is 13.0. The normalized spacial score (nSPS) is 17.3. The zero-order valence-corrected chi connectivity index (χ0v) is 18.7. The molecule has 1 atom stereocenters. The fraction of sp³-hybridized carbons (Fsp3) is 0.375. The Kier molecular flexibility index (Phi) is 5.80. The first-order valence-electron chi connectivity index (χ1n) is 11.0. The Balaban J connectivity index is 1.33. The SMILES string of the molecule is Cc1ccc(-c2cc(C(=O)Nc3sc4c(c3C(=O)NC[C@H]3CCCO3)CCC4)no2)cc1. The minimum absolute atomic E-state index is 0.0685. The monoisotopic (exact) mass is 451 g/mol. The number of fused-ring (bicyclic) bond motifs is 1. The van der Waals surface area contributed by atoms with E-state index < -0.39 is 0 Å². The van der Waals surface area contributed by atoms with Crippen molar-refractivity contribution in [1.82, 2.24) is 10.5 Å². The molecule has 2 N–H and O–H groups in total. The van der Waals surface area contributed by atoms with Gasteiger partial charge in [-0.2, -0.15) is 0 Å². The van der Waals surface area contributed by atoms with Gasteiger partial charge in [0.25, 0.3) is 11.8 Å². The van der Waals surface area contributed by atoms with Crippen molar-refractivity contribution in [1.29, 1.82) is 0 Å². The number of hydrogen-bond donors (Lipinski definition) is 2. The number of amides is 2. The molecule has 3 aromatic rings. The fourth-order valence-electron chi connectivity index (χ4n) is 4.24. The van der Waals surface area contributed by atoms with Crippen LogP contribution in [0.25, 0.3) is 11.3 Å². The number of carbonyl (C=O) groups is 2. The van der Waals surface area contributed by atoms with Crippen molar-refractivity contribution >= 4 is 28.2 Å². The van der Waals surface area contributed by atoms with Gasteiger partial charge in [0, 0.05) is 29.7 Å². The summed E-state index contributed by atoms with van der Waals surface area (Å²) >= 11 is 1.48. The summed E-state index contributed by atoms with van der Waals surface area (Å²) in [4.78, 5) is 27.1. The van der Waals surface area contributed by atoms with Gasteiger partial charge in [0.2, 0.25) is 0 Å². The van der Waals surface area contributed by atoms with Gasteiger partial charge in [0.15, 0.2) is 11.5 Å². The fourth-order valence-corrected chi connectivity index (χ4v) is 5.52. The number of aromatic nitrogens is 1. The van der Waals surface area contributed by atoms with Gasteiger partial charge in [-0.3, -0.25) is 9.59 Å². The van der Waals surface area contributed by atoms with Crippen LogP contribution >= 0.6 is 11.3 Å². The van der Waals surface area contributed by atoms with Crippen LogP contribution in [0, 0.1) is 6.92 Å². The van der Waals surface area contributed by atoms with Gasteiger partial charge in [-0.25, -0.2) is 0 Å². The summed E-state index contributed by atoms with van der Waals surface area (Å²) in [7, 11) is 0. The van der Waals surface area contributed by atoms with Gasteiger partial charge >= 0.3 is 0 Å². The van der Waals surface area contributed by atoms with E-state index in [2.05, 4.69) is 15.8 Å². The molecule has 1 aliphatic heterocycles. The third kappa shape index (κ3) is 4.20. The number of hydrogen-bond acceptors (Lipinski definition) is 6. The van der Waals surface area contributed by atoms with E-state index in [1.54, 1.807) is 6.07 Å². The molecule has 0 spiro atoms. The molecule has 1 saturated heterocycles. The number of thiophene rings is 1. The number of rotatable bonds is 6. The molecule has 1 fully saturated rings. The van der Waals surface area contributed by atoms with Crippen molar-refractivity contribution in [2.45, 2.75) is 45.1 Å². The number of ether oxygens (including phenoxy) is 1. The summed E-state index contributed by atoms with van der Waals surface area (Å²) < 4.78 is 11.0. The van der Waals surface area contributed by atoms with Gasteiger partial charge in [-0.1, -0.05) is 35.0 Å². The summed E-state index contributed by atoms with van der Waals surface area (Å²) in [5.41, 5.74) is 3.81. The average molecular weight is 452 g/mol. The molecule has 1 aliphatic carbocycles. The summed E-state index contributed by atoms with van der Waals surface area (Å²) in [6.07, 6.45) is 4.87. The topological polar surface area (TPSA) is 93.5 Å². The predicted molar refractivity (Wildman–Crippen MR) is 122 cm³/mol.